The van der Waals surface area contributed by atoms with Crippen molar-refractivity contribution in [1.29, 1.82) is 0 Å². The first kappa shape index (κ1) is 17.1. The summed E-state index contributed by atoms with van der Waals surface area (Å²) in [5, 5.41) is 3.60. The maximum absolute atomic E-state index is 12.4. The van der Waals surface area contributed by atoms with Crippen LogP contribution in [0, 0.1) is 0 Å². The Morgan fingerprint density at radius 3 is 2.62 bits per heavy atom. The molecule has 5 nitrogen and oxygen atoms in total. The van der Waals surface area contributed by atoms with Gasteiger partial charge in [-0.15, -0.1) is 0 Å². The van der Waals surface area contributed by atoms with Crippen LogP contribution < -0.4 is 10.1 Å². The predicted molar refractivity (Wildman–Crippen MR) is 98.7 cm³/mol. The molecule has 6 heteroatoms. The third-order valence-corrected chi connectivity index (χ3v) is 5.41. The third-order valence-electron chi connectivity index (χ3n) is 5.17. The Morgan fingerprint density at radius 1 is 1.15 bits per heavy atom. The van der Waals surface area contributed by atoms with Crippen LogP contribution in [0.1, 0.15) is 28.8 Å². The van der Waals surface area contributed by atoms with Crippen LogP contribution in [0.2, 0.25) is 5.02 Å². The summed E-state index contributed by atoms with van der Waals surface area (Å²) in [5.41, 5.74) is 1.16. The fourth-order valence-corrected chi connectivity index (χ4v) is 3.93. The van der Waals surface area contributed by atoms with Gasteiger partial charge in [0.2, 0.25) is 0 Å². The van der Waals surface area contributed by atoms with Crippen molar-refractivity contribution in [3.05, 3.63) is 64.7 Å². The van der Waals surface area contributed by atoms with Crippen LogP contribution in [0.25, 0.3) is 0 Å². The van der Waals surface area contributed by atoms with E-state index in [2.05, 4.69) is 10.2 Å². The van der Waals surface area contributed by atoms with Gasteiger partial charge in [-0.05, 0) is 31.0 Å². The van der Waals surface area contributed by atoms with Crippen LogP contribution in [0.15, 0.2) is 48.5 Å². The highest BCUT2D eigenvalue weighted by Gasteiger charge is 2.43. The summed E-state index contributed by atoms with van der Waals surface area (Å²) in [5.74, 6) is 0.674. The molecule has 26 heavy (non-hydrogen) atoms. The summed E-state index contributed by atoms with van der Waals surface area (Å²) in [7, 11) is 0. The van der Waals surface area contributed by atoms with Gasteiger partial charge in [0, 0.05) is 29.2 Å². The first-order chi connectivity index (χ1) is 12.6. The Bertz CT molecular complexity index is 845. The lowest BCUT2D eigenvalue weighted by Gasteiger charge is -2.44. The van der Waals surface area contributed by atoms with Crippen molar-refractivity contribution in [1.82, 2.24) is 10.2 Å². The number of likely N-dealkylation sites (tertiary alicyclic amines) is 1. The zero-order valence-corrected chi connectivity index (χ0v) is 15.0. The number of benzene rings is 2. The Balaban J connectivity index is 1.49. The number of hydrogen-bond donors (Lipinski definition) is 1. The summed E-state index contributed by atoms with van der Waals surface area (Å²) in [6.07, 6.45) is 0.975. The second-order valence-corrected chi connectivity index (χ2v) is 7.24. The standard InChI is InChI=1S/C20H19ClN2O3/c21-15-6-7-18-16(12-15)20(22-19(25)26-18)8-10-23(11-9-20)13-17(24)14-4-2-1-3-5-14/h1-7,12H,8-11,13H2,(H,22,25). The van der Waals surface area contributed by atoms with Crippen molar-refractivity contribution in [3.63, 3.8) is 0 Å². The van der Waals surface area contributed by atoms with Gasteiger partial charge in [-0.2, -0.15) is 0 Å². The number of hydrogen-bond acceptors (Lipinski definition) is 4. The van der Waals surface area contributed by atoms with Crippen molar-refractivity contribution < 1.29 is 14.3 Å². The molecule has 0 aliphatic carbocycles. The van der Waals surface area contributed by atoms with Crippen molar-refractivity contribution in [2.45, 2.75) is 18.4 Å². The number of fused-ring (bicyclic) bond motifs is 2. The summed E-state index contributed by atoms with van der Waals surface area (Å²) < 4.78 is 5.29. The number of carbonyl (C=O) groups is 2. The van der Waals surface area contributed by atoms with E-state index in [0.29, 0.717) is 43.2 Å². The van der Waals surface area contributed by atoms with Crippen molar-refractivity contribution in [3.8, 4) is 5.75 Å². The maximum atomic E-state index is 12.4. The second kappa shape index (κ2) is 6.74. The quantitative estimate of drug-likeness (QED) is 0.838. The zero-order chi connectivity index (χ0) is 18.1. The lowest BCUT2D eigenvalue weighted by atomic mass is 9.79. The normalized spacial score (nSPS) is 18.7. The van der Waals surface area contributed by atoms with Gasteiger partial charge in [-0.3, -0.25) is 9.69 Å². The minimum atomic E-state index is -0.484. The molecule has 2 aliphatic heterocycles. The molecule has 0 saturated carbocycles. The Labute approximate surface area is 156 Å². The molecule has 1 saturated heterocycles. The zero-order valence-electron chi connectivity index (χ0n) is 14.2. The van der Waals surface area contributed by atoms with E-state index in [1.165, 1.54) is 0 Å². The highest BCUT2D eigenvalue weighted by molar-refractivity contribution is 6.30. The van der Waals surface area contributed by atoms with Gasteiger partial charge in [0.05, 0.1) is 12.1 Å². The molecule has 0 unspecified atom stereocenters. The molecule has 0 bridgehead atoms. The lowest BCUT2D eigenvalue weighted by Crippen LogP contribution is -2.56. The number of ketones is 1. The average molecular weight is 371 g/mol. The smallest absolute Gasteiger partial charge is 0.410 e. The van der Waals surface area contributed by atoms with E-state index < -0.39 is 11.6 Å². The molecule has 1 amide bonds. The van der Waals surface area contributed by atoms with Crippen LogP contribution in [-0.4, -0.2) is 36.4 Å². The third kappa shape index (κ3) is 3.20. The van der Waals surface area contributed by atoms with Gasteiger partial charge >= 0.3 is 6.09 Å². The first-order valence-electron chi connectivity index (χ1n) is 8.66. The number of piperidine rings is 1. The second-order valence-electron chi connectivity index (χ2n) is 6.80. The summed E-state index contributed by atoms with van der Waals surface area (Å²) in [6, 6.07) is 14.6. The number of halogens is 1. The van der Waals surface area contributed by atoms with Crippen LogP contribution in [0.4, 0.5) is 4.79 Å². The molecule has 0 atom stereocenters. The molecular weight excluding hydrogens is 352 g/mol. The largest absolute Gasteiger partial charge is 0.413 e. The van der Waals surface area contributed by atoms with Gasteiger partial charge in [-0.1, -0.05) is 41.9 Å². The minimum absolute atomic E-state index is 0.112. The molecule has 0 radical (unpaired) electrons. The van der Waals surface area contributed by atoms with E-state index >= 15 is 0 Å². The van der Waals surface area contributed by atoms with E-state index in [0.717, 1.165) is 11.1 Å². The van der Waals surface area contributed by atoms with Crippen LogP contribution in [0.3, 0.4) is 0 Å². The van der Waals surface area contributed by atoms with E-state index in [1.807, 2.05) is 36.4 Å². The molecule has 1 fully saturated rings. The monoisotopic (exact) mass is 370 g/mol. The van der Waals surface area contributed by atoms with E-state index in [9.17, 15) is 9.59 Å². The number of nitrogens with one attached hydrogen (secondary N) is 1. The minimum Gasteiger partial charge on any atom is -0.410 e. The van der Waals surface area contributed by atoms with Gasteiger partial charge in [0.15, 0.2) is 5.78 Å². The summed E-state index contributed by atoms with van der Waals surface area (Å²) >= 11 is 6.16. The fourth-order valence-electron chi connectivity index (χ4n) is 3.76. The molecule has 1 N–H and O–H groups in total. The van der Waals surface area contributed by atoms with E-state index in [4.69, 9.17) is 16.3 Å². The predicted octanol–water partition coefficient (Wildman–Crippen LogP) is 3.62. The molecule has 1 spiro atoms. The molecular formula is C20H19ClN2O3. The number of amides is 1. The van der Waals surface area contributed by atoms with Gasteiger partial charge < -0.3 is 10.1 Å². The first-order valence-corrected chi connectivity index (χ1v) is 9.04. The maximum Gasteiger partial charge on any atom is 0.413 e. The highest BCUT2D eigenvalue weighted by atomic mass is 35.5. The van der Waals surface area contributed by atoms with E-state index in [-0.39, 0.29) is 5.78 Å². The summed E-state index contributed by atoms with van der Waals surface area (Å²) in [4.78, 5) is 26.6. The van der Waals surface area contributed by atoms with E-state index in [1.54, 1.807) is 12.1 Å². The molecule has 4 rings (SSSR count). The number of nitrogens with zero attached hydrogens (tertiary/aromatic N) is 1. The average Bonchev–Trinajstić information content (AvgIpc) is 2.65. The number of ether oxygens (including phenoxy) is 1. The number of carbonyl (C=O) groups excluding carboxylic acids is 2. The van der Waals surface area contributed by atoms with Crippen molar-refractivity contribution >= 4 is 23.5 Å². The number of rotatable bonds is 3. The van der Waals surface area contributed by atoms with Gasteiger partial charge in [0.25, 0.3) is 0 Å². The molecule has 2 aromatic rings. The Morgan fingerprint density at radius 2 is 1.88 bits per heavy atom. The molecule has 2 heterocycles. The molecule has 2 aromatic carbocycles. The molecule has 2 aliphatic rings. The van der Waals surface area contributed by atoms with Crippen LogP contribution in [0.5, 0.6) is 5.75 Å². The number of Topliss-reactive ketones (excluding diaryl/α,β-unsaturated/α-hetero) is 1. The van der Waals surface area contributed by atoms with Gasteiger partial charge in [0.1, 0.15) is 5.75 Å². The Hall–Kier alpha value is -2.37. The van der Waals surface area contributed by atoms with Gasteiger partial charge in [-0.25, -0.2) is 4.79 Å². The Kier molecular flexibility index (Phi) is 4.42. The van der Waals surface area contributed by atoms with Crippen molar-refractivity contribution in [2.24, 2.45) is 0 Å². The molecule has 134 valence electrons. The topological polar surface area (TPSA) is 58.6 Å². The van der Waals surface area contributed by atoms with Crippen LogP contribution >= 0.6 is 11.6 Å². The molecule has 0 aromatic heterocycles. The fraction of sp³-hybridized carbons (Fsp3) is 0.300. The lowest BCUT2D eigenvalue weighted by molar-refractivity contribution is 0.0823. The van der Waals surface area contributed by atoms with Crippen LogP contribution in [-0.2, 0) is 5.54 Å². The summed E-state index contributed by atoms with van der Waals surface area (Å²) in [6.45, 7) is 1.81. The SMILES string of the molecule is O=C1NC2(CCN(CC(=O)c3ccccc3)CC2)c2cc(Cl)ccc2O1. The van der Waals surface area contributed by atoms with Crippen molar-refractivity contribution in [2.75, 3.05) is 19.6 Å². The highest BCUT2D eigenvalue weighted by Crippen LogP contribution is 2.42.